The molecule has 120 valence electrons. The average molecular weight is 337 g/mol. The quantitative estimate of drug-likeness (QED) is 0.715. The van der Waals surface area contributed by atoms with Gasteiger partial charge < -0.3 is 15.0 Å². The van der Waals surface area contributed by atoms with E-state index in [1.54, 1.807) is 23.6 Å². The molecule has 0 fully saturated rings. The first-order valence-corrected chi connectivity index (χ1v) is 8.43. The summed E-state index contributed by atoms with van der Waals surface area (Å²) in [6.07, 6.45) is 6.77. The predicted octanol–water partition coefficient (Wildman–Crippen LogP) is 3.50. The summed E-state index contributed by atoms with van der Waals surface area (Å²) in [6, 6.07) is 5.90. The minimum Gasteiger partial charge on any atom is -0.437 e. The van der Waals surface area contributed by atoms with E-state index in [9.17, 15) is 4.79 Å². The van der Waals surface area contributed by atoms with E-state index < -0.39 is 0 Å². The van der Waals surface area contributed by atoms with Gasteiger partial charge in [0.2, 0.25) is 5.78 Å². The molecule has 0 saturated carbocycles. The number of ketones is 1. The van der Waals surface area contributed by atoms with Crippen LogP contribution in [0.5, 0.6) is 0 Å². The minimum atomic E-state index is -0.140. The van der Waals surface area contributed by atoms with E-state index in [-0.39, 0.29) is 5.78 Å². The molecular formula is C18H15N3O2S. The van der Waals surface area contributed by atoms with Crippen molar-refractivity contribution in [2.45, 2.75) is 13.5 Å². The number of rotatable bonds is 4. The Morgan fingerprint density at radius 1 is 1.42 bits per heavy atom. The van der Waals surface area contributed by atoms with E-state index in [4.69, 9.17) is 4.74 Å². The summed E-state index contributed by atoms with van der Waals surface area (Å²) in [5.41, 5.74) is 2.90. The van der Waals surface area contributed by atoms with E-state index in [1.165, 1.54) is 16.5 Å². The zero-order chi connectivity index (χ0) is 16.5. The van der Waals surface area contributed by atoms with Gasteiger partial charge in [-0.25, -0.2) is 4.98 Å². The standard InChI is InChI=1S/C18H15N3O2S/c1-11-4-6-24-16(11)10-20-17-8-14(22)15(23-17)7-12-9-21-18-13(12)3-2-5-19-18/h2-9,20H,10H2,1H3,(H,19,21)/b15-7+. The number of pyridine rings is 1. The molecule has 24 heavy (non-hydrogen) atoms. The smallest absolute Gasteiger partial charge is 0.226 e. The van der Waals surface area contributed by atoms with E-state index in [1.807, 2.05) is 18.3 Å². The first-order valence-electron chi connectivity index (χ1n) is 7.55. The summed E-state index contributed by atoms with van der Waals surface area (Å²) in [5, 5.41) is 6.18. The van der Waals surface area contributed by atoms with Crippen LogP contribution in [0.3, 0.4) is 0 Å². The fourth-order valence-electron chi connectivity index (χ4n) is 2.57. The molecule has 0 radical (unpaired) electrons. The number of hydrogen-bond donors (Lipinski definition) is 2. The molecule has 4 heterocycles. The normalized spacial score (nSPS) is 15.8. The number of nitrogens with one attached hydrogen (secondary N) is 2. The monoisotopic (exact) mass is 337 g/mol. The molecule has 3 aromatic heterocycles. The van der Waals surface area contributed by atoms with Crippen LogP contribution in [0.25, 0.3) is 17.1 Å². The summed E-state index contributed by atoms with van der Waals surface area (Å²) < 4.78 is 5.67. The maximum absolute atomic E-state index is 12.1. The first-order chi connectivity index (χ1) is 11.7. The van der Waals surface area contributed by atoms with Gasteiger partial charge in [-0.15, -0.1) is 11.3 Å². The predicted molar refractivity (Wildman–Crippen MR) is 94.1 cm³/mol. The average Bonchev–Trinajstić information content (AvgIpc) is 3.27. The zero-order valence-corrected chi connectivity index (χ0v) is 13.8. The zero-order valence-electron chi connectivity index (χ0n) is 13.0. The second-order valence-electron chi connectivity index (χ2n) is 5.51. The molecule has 2 N–H and O–H groups in total. The molecule has 0 aromatic carbocycles. The Balaban J connectivity index is 1.50. The summed E-state index contributed by atoms with van der Waals surface area (Å²) in [5.74, 6) is 0.654. The number of nitrogens with zero attached hydrogens (tertiary/aromatic N) is 1. The highest BCUT2D eigenvalue weighted by Crippen LogP contribution is 2.24. The Hall–Kier alpha value is -2.86. The van der Waals surface area contributed by atoms with Crippen LogP contribution >= 0.6 is 11.3 Å². The lowest BCUT2D eigenvalue weighted by Crippen LogP contribution is -2.12. The maximum atomic E-state index is 12.1. The summed E-state index contributed by atoms with van der Waals surface area (Å²) in [4.78, 5) is 20.7. The lowest BCUT2D eigenvalue weighted by atomic mass is 10.2. The van der Waals surface area contributed by atoms with Gasteiger partial charge in [0.05, 0.1) is 6.54 Å². The van der Waals surface area contributed by atoms with Gasteiger partial charge in [-0.1, -0.05) is 0 Å². The molecule has 0 amide bonds. The molecule has 0 spiro atoms. The lowest BCUT2D eigenvalue weighted by Gasteiger charge is -2.07. The van der Waals surface area contributed by atoms with Gasteiger partial charge in [0, 0.05) is 34.3 Å². The van der Waals surface area contributed by atoms with Crippen molar-refractivity contribution in [1.29, 1.82) is 0 Å². The van der Waals surface area contributed by atoms with Gasteiger partial charge >= 0.3 is 0 Å². The molecule has 6 heteroatoms. The Morgan fingerprint density at radius 2 is 2.33 bits per heavy atom. The Labute approximate surface area is 142 Å². The molecule has 0 aliphatic carbocycles. The van der Waals surface area contributed by atoms with Gasteiger partial charge in [-0.2, -0.15) is 0 Å². The number of H-pyrrole nitrogens is 1. The second kappa shape index (κ2) is 5.98. The number of hydrogen-bond acceptors (Lipinski definition) is 5. The van der Waals surface area contributed by atoms with Crippen molar-refractivity contribution < 1.29 is 9.53 Å². The molecule has 0 bridgehead atoms. The third-order valence-electron chi connectivity index (χ3n) is 3.89. The van der Waals surface area contributed by atoms with E-state index in [0.717, 1.165) is 16.6 Å². The van der Waals surface area contributed by atoms with Gasteiger partial charge in [0.25, 0.3) is 0 Å². The van der Waals surface area contributed by atoms with Gasteiger partial charge in [0.15, 0.2) is 11.6 Å². The van der Waals surface area contributed by atoms with E-state index >= 15 is 0 Å². The first kappa shape index (κ1) is 14.7. The number of aromatic amines is 1. The third kappa shape index (κ3) is 2.72. The van der Waals surface area contributed by atoms with Gasteiger partial charge in [-0.05, 0) is 42.1 Å². The minimum absolute atomic E-state index is 0.140. The lowest BCUT2D eigenvalue weighted by molar-refractivity contribution is -0.112. The Bertz CT molecular complexity index is 981. The van der Waals surface area contributed by atoms with Crippen molar-refractivity contribution in [2.24, 2.45) is 0 Å². The molecule has 0 unspecified atom stereocenters. The number of thiophene rings is 1. The molecule has 3 aromatic rings. The SMILES string of the molecule is Cc1ccsc1CNC1=CC(=O)/C(=C\c2c[nH]c3ncccc23)O1. The van der Waals surface area contributed by atoms with Crippen LogP contribution in [0.4, 0.5) is 0 Å². The van der Waals surface area contributed by atoms with Crippen LogP contribution in [-0.4, -0.2) is 15.8 Å². The molecular weight excluding hydrogens is 322 g/mol. The summed E-state index contributed by atoms with van der Waals surface area (Å²) in [6.45, 7) is 2.71. The van der Waals surface area contributed by atoms with Crippen LogP contribution in [-0.2, 0) is 16.1 Å². The second-order valence-corrected chi connectivity index (χ2v) is 6.51. The molecule has 0 saturated heterocycles. The number of aryl methyl sites for hydroxylation is 1. The molecule has 1 aliphatic rings. The highest BCUT2D eigenvalue weighted by atomic mass is 32.1. The Morgan fingerprint density at radius 3 is 3.17 bits per heavy atom. The maximum Gasteiger partial charge on any atom is 0.226 e. The fraction of sp³-hybridized carbons (Fsp3) is 0.111. The van der Waals surface area contributed by atoms with E-state index in [2.05, 4.69) is 33.7 Å². The number of fused-ring (bicyclic) bond motifs is 1. The van der Waals surface area contributed by atoms with Crippen LogP contribution in [0.15, 0.2) is 53.7 Å². The van der Waals surface area contributed by atoms with Crippen molar-refractivity contribution in [3.63, 3.8) is 0 Å². The van der Waals surface area contributed by atoms with Crippen molar-refractivity contribution >= 4 is 34.2 Å². The highest BCUT2D eigenvalue weighted by Gasteiger charge is 2.21. The van der Waals surface area contributed by atoms with Crippen molar-refractivity contribution in [3.05, 3.63) is 69.7 Å². The van der Waals surface area contributed by atoms with Crippen molar-refractivity contribution in [3.8, 4) is 0 Å². The molecule has 5 nitrogen and oxygen atoms in total. The van der Waals surface area contributed by atoms with Crippen LogP contribution in [0, 0.1) is 6.92 Å². The van der Waals surface area contributed by atoms with Gasteiger partial charge in [0.1, 0.15) is 5.65 Å². The summed E-state index contributed by atoms with van der Waals surface area (Å²) in [7, 11) is 0. The van der Waals surface area contributed by atoms with Crippen LogP contribution in [0.2, 0.25) is 0 Å². The number of carbonyl (C=O) groups excluding carboxylic acids is 1. The highest BCUT2D eigenvalue weighted by molar-refractivity contribution is 7.10. The molecule has 1 aliphatic heterocycles. The number of aromatic nitrogens is 2. The number of allylic oxidation sites excluding steroid dienone is 1. The number of carbonyl (C=O) groups is 1. The van der Waals surface area contributed by atoms with Crippen molar-refractivity contribution in [1.82, 2.24) is 15.3 Å². The van der Waals surface area contributed by atoms with Crippen LogP contribution < -0.4 is 5.32 Å². The Kier molecular flexibility index (Phi) is 3.66. The largest absolute Gasteiger partial charge is 0.437 e. The van der Waals surface area contributed by atoms with Crippen molar-refractivity contribution in [2.75, 3.05) is 0 Å². The van der Waals surface area contributed by atoms with E-state index in [0.29, 0.717) is 18.2 Å². The summed E-state index contributed by atoms with van der Waals surface area (Å²) >= 11 is 1.68. The topological polar surface area (TPSA) is 67.0 Å². The number of ether oxygens (including phenoxy) is 1. The van der Waals surface area contributed by atoms with Gasteiger partial charge in [-0.3, -0.25) is 4.79 Å². The fourth-order valence-corrected chi connectivity index (χ4v) is 3.41. The van der Waals surface area contributed by atoms with Crippen LogP contribution in [0.1, 0.15) is 16.0 Å². The molecule has 4 rings (SSSR count). The third-order valence-corrected chi connectivity index (χ3v) is 4.91. The molecule has 0 atom stereocenters.